The van der Waals surface area contributed by atoms with Gasteiger partial charge in [-0.25, -0.2) is 0 Å². The van der Waals surface area contributed by atoms with Crippen LogP contribution in [0.1, 0.15) is 133 Å². The van der Waals surface area contributed by atoms with E-state index in [9.17, 15) is 20.1 Å². The largest absolute Gasteiger partial charge is 0.393 e. The topological polar surface area (TPSA) is 96.2 Å². The molecule has 0 aromatic heterocycles. The van der Waals surface area contributed by atoms with Crippen molar-refractivity contribution < 1.29 is 29.6 Å². The molecule has 0 bridgehead atoms. The lowest BCUT2D eigenvalue weighted by atomic mass is 9.63. The summed E-state index contributed by atoms with van der Waals surface area (Å²) in [4.78, 5) is 12.2. The van der Waals surface area contributed by atoms with Crippen molar-refractivity contribution in [3.05, 3.63) is 0 Å². The van der Waals surface area contributed by atoms with Crippen LogP contribution in [0.15, 0.2) is 0 Å². The van der Waals surface area contributed by atoms with E-state index in [2.05, 4.69) is 27.7 Å². The van der Waals surface area contributed by atoms with Crippen molar-refractivity contribution in [2.45, 2.75) is 163 Å². The first-order valence-electron chi connectivity index (χ1n) is 17.2. The molecule has 4 aliphatic carbocycles. The summed E-state index contributed by atoms with van der Waals surface area (Å²) in [6, 6.07) is 0. The van der Waals surface area contributed by atoms with E-state index in [4.69, 9.17) is 9.47 Å². The summed E-state index contributed by atoms with van der Waals surface area (Å²) in [6.45, 7) is 21.6. The minimum Gasteiger partial charge on any atom is -0.393 e. The summed E-state index contributed by atoms with van der Waals surface area (Å²) >= 11 is 0. The normalized spacial score (nSPS) is 38.1. The van der Waals surface area contributed by atoms with E-state index in [0.29, 0.717) is 36.8 Å². The van der Waals surface area contributed by atoms with Crippen LogP contribution in [0.3, 0.4) is 0 Å². The second kappa shape index (κ2) is 13.8. The van der Waals surface area contributed by atoms with E-state index >= 15 is 0 Å². The van der Waals surface area contributed by atoms with Gasteiger partial charge in [0.15, 0.2) is 0 Å². The number of Topliss-reactive ketones (excluding diaryl/α,β-unsaturated/α-hetero) is 1. The smallest absolute Gasteiger partial charge is 0.136 e. The van der Waals surface area contributed by atoms with Gasteiger partial charge in [0.2, 0.25) is 0 Å². The molecule has 0 saturated heterocycles. The van der Waals surface area contributed by atoms with E-state index in [1.54, 1.807) is 0 Å². The molecule has 4 rings (SSSR count). The van der Waals surface area contributed by atoms with Crippen molar-refractivity contribution in [1.82, 2.24) is 0 Å². The molecule has 4 saturated carbocycles. The summed E-state index contributed by atoms with van der Waals surface area (Å²) in [5.74, 6) is 2.43. The van der Waals surface area contributed by atoms with Crippen LogP contribution >= 0.6 is 0 Å². The van der Waals surface area contributed by atoms with Gasteiger partial charge >= 0.3 is 0 Å². The van der Waals surface area contributed by atoms with Gasteiger partial charge in [0.05, 0.1) is 42.7 Å². The highest BCUT2D eigenvalue weighted by Gasteiger charge is 2.54. The molecule has 0 radical (unpaired) electrons. The minimum atomic E-state index is -0.706. The molecule has 246 valence electrons. The fourth-order valence-electron chi connectivity index (χ4n) is 8.93. The first-order chi connectivity index (χ1) is 19.3. The maximum atomic E-state index is 12.2. The second-order valence-electron chi connectivity index (χ2n) is 16.5. The number of aliphatic hydroxyl groups excluding tert-OH is 1. The zero-order chi connectivity index (χ0) is 31.7. The average Bonchev–Trinajstić information content (AvgIpc) is 3.43. The van der Waals surface area contributed by atoms with Crippen LogP contribution in [-0.4, -0.2) is 63.8 Å². The molecule has 0 heterocycles. The first kappa shape index (κ1) is 35.9. The molecular weight excluding hydrogens is 528 g/mol. The van der Waals surface area contributed by atoms with Crippen molar-refractivity contribution in [3.63, 3.8) is 0 Å². The van der Waals surface area contributed by atoms with Gasteiger partial charge in [-0.15, -0.1) is 0 Å². The first-order valence-corrected chi connectivity index (χ1v) is 17.2. The number of ether oxygens (including phenoxy) is 2. The van der Waals surface area contributed by atoms with E-state index in [-0.39, 0.29) is 46.9 Å². The predicted molar refractivity (Wildman–Crippen MR) is 169 cm³/mol. The number of hydrogen-bond donors (Lipinski definition) is 3. The van der Waals surface area contributed by atoms with Crippen molar-refractivity contribution >= 4 is 5.78 Å². The number of rotatable bonds is 10. The number of carbonyl (C=O) groups excluding carboxylic acids is 1. The molecule has 42 heavy (non-hydrogen) atoms. The maximum absolute atomic E-state index is 12.2. The molecule has 4 fully saturated rings. The number of carbonyl (C=O) groups is 1. The Morgan fingerprint density at radius 2 is 1.24 bits per heavy atom. The number of hydrogen-bond acceptors (Lipinski definition) is 6. The molecule has 3 N–H and O–H groups in total. The number of aliphatic hydroxyl groups is 3. The third-order valence-electron chi connectivity index (χ3n) is 12.9. The van der Waals surface area contributed by atoms with E-state index in [0.717, 1.165) is 57.8 Å². The molecule has 0 amide bonds. The van der Waals surface area contributed by atoms with Crippen molar-refractivity contribution in [2.24, 2.45) is 46.3 Å². The highest BCUT2D eigenvalue weighted by molar-refractivity contribution is 5.83. The van der Waals surface area contributed by atoms with Gasteiger partial charge in [-0.2, -0.15) is 0 Å². The molecule has 0 aromatic carbocycles. The third kappa shape index (κ3) is 8.00. The molecule has 6 nitrogen and oxygen atoms in total. The second-order valence-corrected chi connectivity index (χ2v) is 16.5. The molecule has 0 aliphatic heterocycles. The Bertz CT molecular complexity index is 875. The van der Waals surface area contributed by atoms with E-state index in [1.807, 2.05) is 41.5 Å². The van der Waals surface area contributed by atoms with Crippen LogP contribution in [0.25, 0.3) is 0 Å². The lowest BCUT2D eigenvalue weighted by molar-refractivity contribution is -0.132. The van der Waals surface area contributed by atoms with E-state index < -0.39 is 11.2 Å². The number of ketones is 1. The van der Waals surface area contributed by atoms with Crippen molar-refractivity contribution in [2.75, 3.05) is 13.2 Å². The summed E-state index contributed by atoms with van der Waals surface area (Å²) in [5.41, 5.74) is -1.03. The highest BCUT2D eigenvalue weighted by atomic mass is 16.5. The van der Waals surface area contributed by atoms with Crippen LogP contribution in [-0.2, 0) is 14.3 Å². The van der Waals surface area contributed by atoms with Crippen LogP contribution in [0, 0.1) is 46.3 Å². The zero-order valence-electron chi connectivity index (χ0n) is 28.7. The predicted octanol–water partition coefficient (Wildman–Crippen LogP) is 6.96. The quantitative estimate of drug-likeness (QED) is 0.253. The van der Waals surface area contributed by atoms with Gasteiger partial charge in [0.25, 0.3) is 0 Å². The van der Waals surface area contributed by atoms with Gasteiger partial charge < -0.3 is 24.8 Å². The van der Waals surface area contributed by atoms with Gasteiger partial charge in [0, 0.05) is 24.2 Å². The molecule has 7 unspecified atom stereocenters. The summed E-state index contributed by atoms with van der Waals surface area (Å²) in [6.07, 6.45) is 11.0. The van der Waals surface area contributed by atoms with E-state index in [1.165, 1.54) is 6.42 Å². The molecule has 6 heteroatoms. The monoisotopic (exact) mass is 594 g/mol. The van der Waals surface area contributed by atoms with Gasteiger partial charge in [-0.3, -0.25) is 4.79 Å². The average molecular weight is 595 g/mol. The number of fused-ring (bicyclic) bond motifs is 2. The fourth-order valence-corrected chi connectivity index (χ4v) is 8.93. The fraction of sp³-hybridized carbons (Fsp3) is 0.972. The Labute approximate surface area is 257 Å². The summed E-state index contributed by atoms with van der Waals surface area (Å²) in [5, 5.41) is 30.3. The molecule has 4 aliphatic rings. The molecule has 0 aromatic rings. The van der Waals surface area contributed by atoms with Crippen molar-refractivity contribution in [1.29, 1.82) is 0 Å². The SMILES string of the molecule is C[C@@H](OC[C@H](C)C(C)(C)O)C1CCC2C(=O)CCCC21C.C[C@@H](OC[C@H](C)C(C)(C)O)C1CCC2C(O)CCCC21C. The third-order valence-corrected chi connectivity index (χ3v) is 12.9. The van der Waals surface area contributed by atoms with Gasteiger partial charge in [-0.05, 0) is 121 Å². The Hall–Kier alpha value is -0.530. The zero-order valence-corrected chi connectivity index (χ0v) is 28.7. The Kier molecular flexibility index (Phi) is 11.9. The van der Waals surface area contributed by atoms with Crippen LogP contribution in [0.2, 0.25) is 0 Å². The summed E-state index contributed by atoms with van der Waals surface area (Å²) < 4.78 is 12.2. The summed E-state index contributed by atoms with van der Waals surface area (Å²) in [7, 11) is 0. The maximum Gasteiger partial charge on any atom is 0.136 e. The van der Waals surface area contributed by atoms with Crippen LogP contribution in [0.5, 0.6) is 0 Å². The van der Waals surface area contributed by atoms with Crippen LogP contribution < -0.4 is 0 Å². The molecule has 11 atom stereocenters. The van der Waals surface area contributed by atoms with Crippen LogP contribution in [0.4, 0.5) is 0 Å². The van der Waals surface area contributed by atoms with Crippen molar-refractivity contribution in [3.8, 4) is 0 Å². The Morgan fingerprint density at radius 1 is 0.762 bits per heavy atom. The van der Waals surface area contributed by atoms with Gasteiger partial charge in [-0.1, -0.05) is 34.1 Å². The standard InChI is InChI=1S/C18H34O3.C18H32O3/c2*1-12(17(3,4)20)11-21-13(2)14-8-9-15-16(19)7-6-10-18(14,15)5/h12-16,19-20H,6-11H2,1-5H3;12-15,20H,6-11H2,1-5H3/t12-,13+,14?,15?,16?,18?;12-,13+,14?,15?,18?/m00/s1. The lowest BCUT2D eigenvalue weighted by Crippen LogP contribution is -2.43. The molecular formula is C36H66O6. The minimum absolute atomic E-state index is 0.109. The molecule has 0 spiro atoms. The van der Waals surface area contributed by atoms with Gasteiger partial charge in [0.1, 0.15) is 5.78 Å². The Balaban J connectivity index is 0.000000230. The lowest BCUT2D eigenvalue weighted by Gasteiger charge is -2.45. The Morgan fingerprint density at radius 3 is 1.76 bits per heavy atom. The highest BCUT2D eigenvalue weighted by Crippen LogP contribution is 2.57.